The number of anilines is 2. The number of carbonyl (C=O) groups excluding carboxylic acids is 1. The summed E-state index contributed by atoms with van der Waals surface area (Å²) in [5, 5.41) is 3.04. The number of benzene rings is 2. The van der Waals surface area contributed by atoms with Crippen molar-refractivity contribution in [2.24, 2.45) is 0 Å². The number of carbonyl (C=O) groups is 1. The van der Waals surface area contributed by atoms with Crippen molar-refractivity contribution in [1.82, 2.24) is 0 Å². The van der Waals surface area contributed by atoms with E-state index in [2.05, 4.69) is 5.32 Å². The number of rotatable bonds is 5. The second-order valence-corrected chi connectivity index (χ2v) is 4.75. The van der Waals surface area contributed by atoms with E-state index in [9.17, 15) is 9.18 Å². The molecule has 0 aliphatic rings. The van der Waals surface area contributed by atoms with Crippen molar-refractivity contribution in [3.8, 4) is 5.75 Å². The van der Waals surface area contributed by atoms with E-state index >= 15 is 0 Å². The van der Waals surface area contributed by atoms with Gasteiger partial charge in [0.05, 0.1) is 23.7 Å². The average molecular weight is 309 g/mol. The second-order valence-electron chi connectivity index (χ2n) is 4.34. The Labute approximate surface area is 126 Å². The van der Waals surface area contributed by atoms with Crippen molar-refractivity contribution in [3.05, 3.63) is 53.3 Å². The second kappa shape index (κ2) is 6.95. The van der Waals surface area contributed by atoms with E-state index in [4.69, 9.17) is 22.1 Å². The number of amides is 1. The number of nitrogen functional groups attached to an aromatic ring is 1. The van der Waals surface area contributed by atoms with Gasteiger partial charge in [-0.25, -0.2) is 4.39 Å². The predicted octanol–water partition coefficient (Wildman–Crippen LogP) is 3.47. The zero-order chi connectivity index (χ0) is 15.2. The topological polar surface area (TPSA) is 64.3 Å². The molecule has 110 valence electrons. The molecule has 21 heavy (non-hydrogen) atoms. The maximum atomic E-state index is 12.7. The molecule has 0 unspecified atom stereocenters. The summed E-state index contributed by atoms with van der Waals surface area (Å²) in [6.45, 7) is 0.185. The molecule has 0 saturated carbocycles. The average Bonchev–Trinajstić information content (AvgIpc) is 2.44. The highest BCUT2D eigenvalue weighted by molar-refractivity contribution is 6.34. The van der Waals surface area contributed by atoms with E-state index in [-0.39, 0.29) is 24.8 Å². The zero-order valence-electron chi connectivity index (χ0n) is 11.1. The molecule has 0 aliphatic carbocycles. The van der Waals surface area contributed by atoms with Gasteiger partial charge in [-0.1, -0.05) is 11.6 Å². The third kappa shape index (κ3) is 4.65. The molecular formula is C15H14ClFN2O2. The van der Waals surface area contributed by atoms with Crippen LogP contribution in [-0.4, -0.2) is 12.5 Å². The van der Waals surface area contributed by atoms with Crippen molar-refractivity contribution in [1.29, 1.82) is 0 Å². The van der Waals surface area contributed by atoms with Crippen LogP contribution in [0.1, 0.15) is 6.42 Å². The van der Waals surface area contributed by atoms with Crippen molar-refractivity contribution >= 4 is 28.9 Å². The molecule has 0 heterocycles. The molecule has 1 amide bonds. The van der Waals surface area contributed by atoms with Gasteiger partial charge in [-0.05, 0) is 42.5 Å². The Morgan fingerprint density at radius 3 is 2.62 bits per heavy atom. The summed E-state index contributed by atoms with van der Waals surface area (Å²) < 4.78 is 18.0. The Balaban J connectivity index is 1.81. The molecule has 0 aliphatic heterocycles. The maximum absolute atomic E-state index is 12.7. The van der Waals surface area contributed by atoms with E-state index in [0.29, 0.717) is 22.1 Å². The van der Waals surface area contributed by atoms with Crippen LogP contribution < -0.4 is 15.8 Å². The van der Waals surface area contributed by atoms with Crippen LogP contribution in [0.25, 0.3) is 0 Å². The molecular weight excluding hydrogens is 295 g/mol. The quantitative estimate of drug-likeness (QED) is 0.831. The molecule has 0 spiro atoms. The third-order valence-electron chi connectivity index (χ3n) is 2.68. The Hall–Kier alpha value is -2.27. The number of halogens is 2. The molecule has 4 nitrogen and oxygen atoms in total. The lowest BCUT2D eigenvalue weighted by molar-refractivity contribution is -0.116. The van der Waals surface area contributed by atoms with Crippen LogP contribution in [-0.2, 0) is 4.79 Å². The van der Waals surface area contributed by atoms with Crippen LogP contribution in [0.15, 0.2) is 42.5 Å². The standard InChI is InChI=1S/C15H14ClFN2O2/c16-13-9-11(18)3-6-14(13)19-15(20)7-8-21-12-4-1-10(17)2-5-12/h1-6,9H,7-8,18H2,(H,19,20). The first kappa shape index (κ1) is 15.1. The molecule has 0 saturated heterocycles. The highest BCUT2D eigenvalue weighted by Crippen LogP contribution is 2.24. The van der Waals surface area contributed by atoms with Gasteiger partial charge in [0.2, 0.25) is 5.91 Å². The van der Waals surface area contributed by atoms with Gasteiger partial charge < -0.3 is 15.8 Å². The molecule has 0 fully saturated rings. The van der Waals surface area contributed by atoms with Crippen LogP contribution in [0.4, 0.5) is 15.8 Å². The number of nitrogens with one attached hydrogen (secondary N) is 1. The molecule has 0 bridgehead atoms. The van der Waals surface area contributed by atoms with Crippen molar-refractivity contribution in [2.75, 3.05) is 17.7 Å². The normalized spacial score (nSPS) is 10.2. The van der Waals surface area contributed by atoms with Crippen LogP contribution in [0.3, 0.4) is 0 Å². The Bertz CT molecular complexity index is 632. The lowest BCUT2D eigenvalue weighted by atomic mass is 10.2. The number of nitrogens with two attached hydrogens (primary N) is 1. The first-order valence-electron chi connectivity index (χ1n) is 6.28. The fraction of sp³-hybridized carbons (Fsp3) is 0.133. The van der Waals surface area contributed by atoms with E-state index in [1.807, 2.05) is 0 Å². The maximum Gasteiger partial charge on any atom is 0.227 e. The summed E-state index contributed by atoms with van der Waals surface area (Å²) in [4.78, 5) is 11.8. The van der Waals surface area contributed by atoms with E-state index in [0.717, 1.165) is 0 Å². The minimum absolute atomic E-state index is 0.151. The highest BCUT2D eigenvalue weighted by Gasteiger charge is 2.06. The Morgan fingerprint density at radius 2 is 1.95 bits per heavy atom. The Morgan fingerprint density at radius 1 is 1.24 bits per heavy atom. The van der Waals surface area contributed by atoms with Gasteiger partial charge in [0.25, 0.3) is 0 Å². The number of ether oxygens (including phenoxy) is 1. The van der Waals surface area contributed by atoms with Gasteiger partial charge in [-0.15, -0.1) is 0 Å². The molecule has 2 aromatic carbocycles. The largest absolute Gasteiger partial charge is 0.493 e. The van der Waals surface area contributed by atoms with Crippen LogP contribution in [0.5, 0.6) is 5.75 Å². The molecule has 6 heteroatoms. The lowest BCUT2D eigenvalue weighted by Gasteiger charge is -2.09. The lowest BCUT2D eigenvalue weighted by Crippen LogP contribution is -2.15. The van der Waals surface area contributed by atoms with Crippen LogP contribution in [0.2, 0.25) is 5.02 Å². The monoisotopic (exact) mass is 308 g/mol. The summed E-state index contributed by atoms with van der Waals surface area (Å²) in [6.07, 6.45) is 0.151. The highest BCUT2D eigenvalue weighted by atomic mass is 35.5. The third-order valence-corrected chi connectivity index (χ3v) is 2.99. The van der Waals surface area contributed by atoms with Gasteiger partial charge in [0, 0.05) is 5.69 Å². The van der Waals surface area contributed by atoms with Crippen LogP contribution in [0, 0.1) is 5.82 Å². The molecule has 0 aromatic heterocycles. The molecule has 2 aromatic rings. The smallest absolute Gasteiger partial charge is 0.227 e. The fourth-order valence-corrected chi connectivity index (χ4v) is 1.87. The zero-order valence-corrected chi connectivity index (χ0v) is 11.9. The summed E-state index contributed by atoms with van der Waals surface area (Å²) >= 11 is 5.96. The minimum Gasteiger partial charge on any atom is -0.493 e. The summed E-state index contributed by atoms with van der Waals surface area (Å²) in [7, 11) is 0. The van der Waals surface area contributed by atoms with Crippen molar-refractivity contribution in [2.45, 2.75) is 6.42 Å². The summed E-state index contributed by atoms with van der Waals surface area (Å²) in [5.74, 6) is -0.0587. The fourth-order valence-electron chi connectivity index (χ4n) is 1.64. The number of hydrogen-bond acceptors (Lipinski definition) is 3. The van der Waals surface area contributed by atoms with Crippen molar-refractivity contribution in [3.63, 3.8) is 0 Å². The van der Waals surface area contributed by atoms with Crippen molar-refractivity contribution < 1.29 is 13.9 Å². The molecule has 0 radical (unpaired) electrons. The van der Waals surface area contributed by atoms with E-state index in [1.165, 1.54) is 24.3 Å². The predicted molar refractivity (Wildman–Crippen MR) is 81.0 cm³/mol. The van der Waals surface area contributed by atoms with Crippen LogP contribution >= 0.6 is 11.6 Å². The Kier molecular flexibility index (Phi) is 5.00. The van der Waals surface area contributed by atoms with Gasteiger partial charge in [0.1, 0.15) is 11.6 Å². The van der Waals surface area contributed by atoms with E-state index < -0.39 is 0 Å². The summed E-state index contributed by atoms with van der Waals surface area (Å²) in [6, 6.07) is 10.4. The van der Waals surface area contributed by atoms with Gasteiger partial charge in [-0.2, -0.15) is 0 Å². The van der Waals surface area contributed by atoms with Gasteiger partial charge in [0.15, 0.2) is 0 Å². The molecule has 3 N–H and O–H groups in total. The first-order chi connectivity index (χ1) is 10.0. The number of hydrogen-bond donors (Lipinski definition) is 2. The van der Waals surface area contributed by atoms with Gasteiger partial charge in [-0.3, -0.25) is 4.79 Å². The first-order valence-corrected chi connectivity index (χ1v) is 6.65. The SMILES string of the molecule is Nc1ccc(NC(=O)CCOc2ccc(F)cc2)c(Cl)c1. The summed E-state index contributed by atoms with van der Waals surface area (Å²) in [5.41, 5.74) is 6.59. The molecule has 0 atom stereocenters. The van der Waals surface area contributed by atoms with Gasteiger partial charge >= 0.3 is 0 Å². The molecule has 2 rings (SSSR count). The minimum atomic E-state index is -0.335. The van der Waals surface area contributed by atoms with E-state index in [1.54, 1.807) is 18.2 Å².